The Kier molecular flexibility index (Phi) is 6.97. The predicted molar refractivity (Wildman–Crippen MR) is 111 cm³/mol. The van der Waals surface area contributed by atoms with E-state index in [1.807, 2.05) is 19.1 Å². The van der Waals surface area contributed by atoms with Gasteiger partial charge in [-0.05, 0) is 32.4 Å². The van der Waals surface area contributed by atoms with E-state index in [2.05, 4.69) is 15.3 Å². The molecule has 0 radical (unpaired) electrons. The second-order valence-corrected chi connectivity index (χ2v) is 7.86. The molecule has 11 heteroatoms. The van der Waals surface area contributed by atoms with Gasteiger partial charge in [0.2, 0.25) is 17.5 Å². The maximum absolute atomic E-state index is 13.7. The Bertz CT molecular complexity index is 1050. The van der Waals surface area contributed by atoms with Crippen LogP contribution in [0.25, 0.3) is 11.0 Å². The summed E-state index contributed by atoms with van der Waals surface area (Å²) in [5, 5.41) is 13.7. The van der Waals surface area contributed by atoms with E-state index in [4.69, 9.17) is 4.74 Å². The summed E-state index contributed by atoms with van der Waals surface area (Å²) < 4.78 is 48.1. The third-order valence-corrected chi connectivity index (χ3v) is 5.75. The number of aryl methyl sites for hydroxylation is 2. The van der Waals surface area contributed by atoms with Crippen LogP contribution >= 0.6 is 11.3 Å². The van der Waals surface area contributed by atoms with Crippen molar-refractivity contribution in [1.29, 1.82) is 0 Å². The largest absolute Gasteiger partial charge is 0.424 e. The van der Waals surface area contributed by atoms with Crippen LogP contribution in [-0.2, 0) is 21.7 Å². The lowest BCUT2D eigenvalue weighted by Gasteiger charge is -2.27. The molecule has 168 valence electrons. The van der Waals surface area contributed by atoms with Crippen LogP contribution in [0.4, 0.5) is 19.1 Å². The van der Waals surface area contributed by atoms with Crippen LogP contribution in [-0.4, -0.2) is 44.9 Å². The molecule has 0 saturated heterocycles. The summed E-state index contributed by atoms with van der Waals surface area (Å²) in [4.78, 5) is 20.7. The highest BCUT2D eigenvalue weighted by Crippen LogP contribution is 2.43. The third-order valence-electron chi connectivity index (χ3n) is 4.64. The summed E-state index contributed by atoms with van der Waals surface area (Å²) in [6, 6.07) is 7.14. The molecule has 2 N–H and O–H groups in total. The van der Waals surface area contributed by atoms with E-state index in [1.54, 1.807) is 16.7 Å². The first-order valence-electron chi connectivity index (χ1n) is 9.70. The van der Waals surface area contributed by atoms with Crippen molar-refractivity contribution < 1.29 is 27.8 Å². The average Bonchev–Trinajstić information content (AvgIpc) is 3.28. The van der Waals surface area contributed by atoms with Crippen LogP contribution in [0.3, 0.4) is 0 Å². The maximum Gasteiger partial charge on any atom is 0.424 e. The van der Waals surface area contributed by atoms with Gasteiger partial charge < -0.3 is 14.4 Å². The van der Waals surface area contributed by atoms with Crippen molar-refractivity contribution in [2.45, 2.75) is 45.0 Å². The Hall–Kier alpha value is -2.50. The molecule has 31 heavy (non-hydrogen) atoms. The molecule has 1 unspecified atom stereocenters. The van der Waals surface area contributed by atoms with Crippen molar-refractivity contribution in [3.8, 4) is 0 Å². The number of aliphatic hydroxyl groups is 1. The summed E-state index contributed by atoms with van der Waals surface area (Å²) in [5.74, 6) is -0.906. The molecule has 1 amide bonds. The molecule has 1 atom stereocenters. The maximum atomic E-state index is 13.7. The zero-order valence-electron chi connectivity index (χ0n) is 17.1. The van der Waals surface area contributed by atoms with Gasteiger partial charge in [0.25, 0.3) is 0 Å². The molecule has 1 aromatic carbocycles. The number of ether oxygens (including phenoxy) is 1. The predicted octanol–water partition coefficient (Wildman–Crippen LogP) is 4.01. The molecular weight excluding hydrogens is 433 g/mol. The van der Waals surface area contributed by atoms with Gasteiger partial charge in [-0.1, -0.05) is 12.1 Å². The number of nitrogens with one attached hydrogen (secondary N) is 1. The van der Waals surface area contributed by atoms with E-state index in [1.165, 1.54) is 12.3 Å². The summed E-state index contributed by atoms with van der Waals surface area (Å²) in [5.41, 5.74) is -1.73. The van der Waals surface area contributed by atoms with Crippen molar-refractivity contribution in [3.05, 3.63) is 40.3 Å². The monoisotopic (exact) mass is 456 g/mol. The molecule has 2 heterocycles. The number of halogens is 3. The molecule has 0 bridgehead atoms. The van der Waals surface area contributed by atoms with Gasteiger partial charge in [-0.15, -0.1) is 11.3 Å². The number of hydrogen-bond acceptors (Lipinski definition) is 6. The highest BCUT2D eigenvalue weighted by molar-refractivity contribution is 7.09. The number of anilines is 1. The van der Waals surface area contributed by atoms with Gasteiger partial charge >= 0.3 is 6.18 Å². The number of alkyl halides is 3. The fraction of sp³-hybridized carbons (Fsp3) is 0.450. The molecule has 0 aliphatic carbocycles. The van der Waals surface area contributed by atoms with Gasteiger partial charge in [-0.3, -0.25) is 10.1 Å². The summed E-state index contributed by atoms with van der Waals surface area (Å²) >= 11 is 0.658. The van der Waals surface area contributed by atoms with Crippen molar-refractivity contribution >= 4 is 34.2 Å². The zero-order valence-corrected chi connectivity index (χ0v) is 17.9. The van der Waals surface area contributed by atoms with Gasteiger partial charge in [0.05, 0.1) is 17.5 Å². The molecule has 7 nitrogen and oxygen atoms in total. The SMILES string of the molecule is CCOCCCn1c(NC(=O)CC(O)(c2nc(C)cs2)C(F)(F)F)nc2ccccc21. The van der Waals surface area contributed by atoms with E-state index in [-0.39, 0.29) is 5.95 Å². The van der Waals surface area contributed by atoms with Crippen molar-refractivity contribution in [3.63, 3.8) is 0 Å². The van der Waals surface area contributed by atoms with Crippen LogP contribution in [0.5, 0.6) is 0 Å². The number of fused-ring (bicyclic) bond motifs is 1. The number of aromatic nitrogens is 3. The van der Waals surface area contributed by atoms with Crippen LogP contribution in [0.1, 0.15) is 30.5 Å². The first-order chi connectivity index (χ1) is 14.7. The Balaban J connectivity index is 1.85. The van der Waals surface area contributed by atoms with E-state index in [0.29, 0.717) is 48.7 Å². The van der Waals surface area contributed by atoms with Crippen molar-refractivity contribution in [2.24, 2.45) is 0 Å². The number of rotatable bonds is 9. The number of nitrogens with zero attached hydrogens (tertiary/aromatic N) is 3. The number of benzene rings is 1. The number of thiazole rings is 1. The van der Waals surface area contributed by atoms with E-state index in [9.17, 15) is 23.1 Å². The highest BCUT2D eigenvalue weighted by Gasteiger charge is 2.58. The smallest absolute Gasteiger partial charge is 0.382 e. The van der Waals surface area contributed by atoms with Gasteiger partial charge in [-0.2, -0.15) is 13.2 Å². The van der Waals surface area contributed by atoms with Crippen LogP contribution in [0.15, 0.2) is 29.6 Å². The Morgan fingerprint density at radius 1 is 1.29 bits per heavy atom. The first-order valence-corrected chi connectivity index (χ1v) is 10.6. The number of carbonyl (C=O) groups excluding carboxylic acids is 1. The number of imidazole rings is 1. The second kappa shape index (κ2) is 9.33. The minimum atomic E-state index is -5.08. The summed E-state index contributed by atoms with van der Waals surface area (Å²) in [6.07, 6.45) is -5.68. The van der Waals surface area contributed by atoms with Crippen LogP contribution in [0.2, 0.25) is 0 Å². The van der Waals surface area contributed by atoms with E-state index in [0.717, 1.165) is 5.52 Å². The first kappa shape index (κ1) is 23.2. The molecule has 2 aromatic heterocycles. The number of para-hydroxylation sites is 2. The van der Waals surface area contributed by atoms with E-state index >= 15 is 0 Å². The van der Waals surface area contributed by atoms with Gasteiger partial charge in [-0.25, -0.2) is 9.97 Å². The molecule has 3 aromatic rings. The number of carbonyl (C=O) groups is 1. The van der Waals surface area contributed by atoms with Gasteiger partial charge in [0.15, 0.2) is 0 Å². The van der Waals surface area contributed by atoms with Crippen molar-refractivity contribution in [1.82, 2.24) is 14.5 Å². The molecular formula is C20H23F3N4O3S. The van der Waals surface area contributed by atoms with Gasteiger partial charge in [0.1, 0.15) is 5.01 Å². The fourth-order valence-corrected chi connectivity index (χ4v) is 4.02. The zero-order chi connectivity index (χ0) is 22.6. The fourth-order valence-electron chi connectivity index (χ4n) is 3.11. The Morgan fingerprint density at radius 2 is 2.03 bits per heavy atom. The lowest BCUT2D eigenvalue weighted by molar-refractivity contribution is -0.266. The minimum Gasteiger partial charge on any atom is -0.382 e. The lowest BCUT2D eigenvalue weighted by atomic mass is 9.99. The molecule has 0 saturated carbocycles. The van der Waals surface area contributed by atoms with Crippen LogP contribution < -0.4 is 5.32 Å². The average molecular weight is 456 g/mol. The Labute approximate surface area is 180 Å². The molecule has 3 rings (SSSR count). The Morgan fingerprint density at radius 3 is 2.68 bits per heavy atom. The molecule has 0 fully saturated rings. The topological polar surface area (TPSA) is 89.3 Å². The van der Waals surface area contributed by atoms with Crippen LogP contribution in [0, 0.1) is 6.92 Å². The number of hydrogen-bond donors (Lipinski definition) is 2. The molecule has 0 aliphatic rings. The molecule has 0 aliphatic heterocycles. The number of amides is 1. The van der Waals surface area contributed by atoms with E-state index < -0.39 is 29.1 Å². The standard InChI is InChI=1S/C20H23F3N4O3S/c1-3-30-10-6-9-27-15-8-5-4-7-14(15)25-18(27)26-16(28)11-19(29,20(21,22)23)17-24-13(2)12-31-17/h4-5,7-8,12,29H,3,6,9-11H2,1-2H3,(H,25,26,28). The summed E-state index contributed by atoms with van der Waals surface area (Å²) in [6.45, 7) is 4.91. The normalized spacial score (nSPS) is 14.0. The second-order valence-electron chi connectivity index (χ2n) is 7.00. The molecule has 0 spiro atoms. The third kappa shape index (κ3) is 5.05. The lowest BCUT2D eigenvalue weighted by Crippen LogP contribution is -2.45. The minimum absolute atomic E-state index is 0.113. The van der Waals surface area contributed by atoms with Crippen molar-refractivity contribution in [2.75, 3.05) is 18.5 Å². The van der Waals surface area contributed by atoms with Gasteiger partial charge in [0, 0.05) is 30.8 Å². The quantitative estimate of drug-likeness (QED) is 0.475. The highest BCUT2D eigenvalue weighted by atomic mass is 32.1. The summed E-state index contributed by atoms with van der Waals surface area (Å²) in [7, 11) is 0.